The maximum atomic E-state index is 12.4. The summed E-state index contributed by atoms with van der Waals surface area (Å²) in [4.78, 5) is 36.4. The van der Waals surface area contributed by atoms with Gasteiger partial charge in [0.05, 0.1) is 0 Å². The number of hydrogen-bond donors (Lipinski definition) is 2. The highest BCUT2D eigenvalue weighted by Gasteiger charge is 2.32. The molecule has 1 heterocycles. The average molecular weight is 306 g/mol. The quantitative estimate of drug-likeness (QED) is 0.858. The molecule has 0 bridgehead atoms. The minimum atomic E-state index is -4.70. The van der Waals surface area contributed by atoms with Crippen LogP contribution < -0.4 is 5.56 Å². The molecule has 9 heteroatoms. The molecule has 1 amide bonds. The number of carbonyl (C=O) groups excluding carboxylic acids is 1. The first-order valence-electron chi connectivity index (χ1n) is 5.90. The fourth-order valence-electron chi connectivity index (χ4n) is 1.58. The molecule has 0 atom stereocenters. The molecule has 1 aromatic rings. The molecule has 1 rings (SSSR count). The van der Waals surface area contributed by atoms with E-state index in [9.17, 15) is 27.6 Å². The number of carbonyl (C=O) groups is 2. The lowest BCUT2D eigenvalue weighted by atomic mass is 10.2. The van der Waals surface area contributed by atoms with Gasteiger partial charge in [-0.2, -0.15) is 13.2 Å². The third-order valence-corrected chi connectivity index (χ3v) is 2.68. The van der Waals surface area contributed by atoms with E-state index < -0.39 is 34.9 Å². The highest BCUT2D eigenvalue weighted by Crippen LogP contribution is 2.26. The predicted molar refractivity (Wildman–Crippen MR) is 65.9 cm³/mol. The van der Waals surface area contributed by atoms with Crippen LogP contribution in [0.15, 0.2) is 16.9 Å². The molecule has 21 heavy (non-hydrogen) atoms. The molecular weight excluding hydrogens is 293 g/mol. The van der Waals surface area contributed by atoms with Crippen molar-refractivity contribution in [1.82, 2.24) is 9.88 Å². The number of carboxylic acids is 1. The van der Waals surface area contributed by atoms with Gasteiger partial charge in [-0.05, 0) is 18.6 Å². The van der Waals surface area contributed by atoms with Crippen LogP contribution in [0, 0.1) is 0 Å². The number of hydrogen-bond acceptors (Lipinski definition) is 3. The number of rotatable bonds is 5. The van der Waals surface area contributed by atoms with E-state index in [1.807, 2.05) is 0 Å². The fraction of sp³-hybridized carbons (Fsp3) is 0.417. The monoisotopic (exact) mass is 306 g/mol. The van der Waals surface area contributed by atoms with Crippen molar-refractivity contribution in [2.75, 3.05) is 13.6 Å². The Labute approximate surface area is 117 Å². The van der Waals surface area contributed by atoms with Crippen molar-refractivity contribution in [3.05, 3.63) is 33.7 Å². The molecule has 0 aliphatic heterocycles. The van der Waals surface area contributed by atoms with E-state index >= 15 is 0 Å². The molecular formula is C12H13F3N2O4. The van der Waals surface area contributed by atoms with Crippen molar-refractivity contribution < 1.29 is 27.9 Å². The third kappa shape index (κ3) is 4.62. The molecule has 0 radical (unpaired) electrons. The van der Waals surface area contributed by atoms with Crippen LogP contribution in [-0.4, -0.2) is 40.5 Å². The summed E-state index contributed by atoms with van der Waals surface area (Å²) in [5.74, 6) is -1.79. The summed E-state index contributed by atoms with van der Waals surface area (Å²) in [6.07, 6.45) is -4.68. The van der Waals surface area contributed by atoms with Gasteiger partial charge in [0.1, 0.15) is 11.3 Å². The number of amides is 1. The number of H-pyrrole nitrogens is 1. The lowest BCUT2D eigenvalue weighted by Gasteiger charge is -2.16. The molecule has 0 saturated carbocycles. The number of aromatic amines is 1. The minimum absolute atomic E-state index is 0.0750. The Balaban J connectivity index is 2.83. The summed E-state index contributed by atoms with van der Waals surface area (Å²) >= 11 is 0. The highest BCUT2D eigenvalue weighted by molar-refractivity contribution is 5.93. The molecule has 0 aliphatic carbocycles. The summed E-state index contributed by atoms with van der Waals surface area (Å²) in [5, 5.41) is 8.47. The number of nitrogens with one attached hydrogen (secondary N) is 1. The van der Waals surface area contributed by atoms with Crippen LogP contribution in [0.2, 0.25) is 0 Å². The largest absolute Gasteiger partial charge is 0.481 e. The van der Waals surface area contributed by atoms with Crippen LogP contribution in [-0.2, 0) is 11.0 Å². The van der Waals surface area contributed by atoms with E-state index in [0.29, 0.717) is 6.07 Å². The van der Waals surface area contributed by atoms with Crippen molar-refractivity contribution in [3.8, 4) is 0 Å². The number of carboxylic acid groups (broad SMARTS) is 1. The second-order valence-electron chi connectivity index (χ2n) is 4.34. The Kier molecular flexibility index (Phi) is 5.12. The number of aliphatic carboxylic acids is 1. The first-order chi connectivity index (χ1) is 9.62. The number of pyridine rings is 1. The van der Waals surface area contributed by atoms with Crippen molar-refractivity contribution in [2.45, 2.75) is 19.0 Å². The fourth-order valence-corrected chi connectivity index (χ4v) is 1.58. The van der Waals surface area contributed by atoms with Crippen LogP contribution in [0.5, 0.6) is 0 Å². The van der Waals surface area contributed by atoms with E-state index in [2.05, 4.69) is 0 Å². The van der Waals surface area contributed by atoms with Gasteiger partial charge in [-0.3, -0.25) is 14.4 Å². The summed E-state index contributed by atoms with van der Waals surface area (Å²) in [6.45, 7) is 0.0750. The summed E-state index contributed by atoms with van der Waals surface area (Å²) in [6, 6.07) is 1.41. The van der Waals surface area contributed by atoms with Gasteiger partial charge in [0.2, 0.25) is 0 Å². The predicted octanol–water partition coefficient (Wildman–Crippen LogP) is 1.33. The van der Waals surface area contributed by atoms with Crippen LogP contribution in [0.1, 0.15) is 28.9 Å². The molecule has 1 aromatic heterocycles. The number of halogens is 3. The minimum Gasteiger partial charge on any atom is -0.481 e. The molecule has 6 nitrogen and oxygen atoms in total. The zero-order valence-corrected chi connectivity index (χ0v) is 11.0. The van der Waals surface area contributed by atoms with Crippen molar-refractivity contribution in [1.29, 1.82) is 0 Å². The van der Waals surface area contributed by atoms with Crippen molar-refractivity contribution >= 4 is 11.9 Å². The Morgan fingerprint density at radius 1 is 1.33 bits per heavy atom. The number of aromatic nitrogens is 1. The lowest BCUT2D eigenvalue weighted by Crippen LogP contribution is -2.33. The van der Waals surface area contributed by atoms with E-state index in [1.54, 1.807) is 4.98 Å². The van der Waals surface area contributed by atoms with E-state index in [4.69, 9.17) is 5.11 Å². The zero-order chi connectivity index (χ0) is 16.2. The Morgan fingerprint density at radius 3 is 2.43 bits per heavy atom. The van der Waals surface area contributed by atoms with Gasteiger partial charge in [0.25, 0.3) is 11.5 Å². The van der Waals surface area contributed by atoms with Gasteiger partial charge >= 0.3 is 12.1 Å². The van der Waals surface area contributed by atoms with E-state index in [-0.39, 0.29) is 19.4 Å². The van der Waals surface area contributed by atoms with Crippen LogP contribution in [0.25, 0.3) is 0 Å². The standard InChI is InChI=1S/C12H13F3N2O4/c1-17(6-2-3-9(18)19)11(21)7-4-5-8(12(13,14)15)16-10(7)20/h4-5H,2-3,6H2,1H3,(H,16,20)(H,18,19). The maximum absolute atomic E-state index is 12.4. The van der Waals surface area contributed by atoms with E-state index in [1.165, 1.54) is 7.05 Å². The summed E-state index contributed by atoms with van der Waals surface area (Å²) in [5.41, 5.74) is -2.81. The van der Waals surface area contributed by atoms with Gasteiger partial charge in [-0.15, -0.1) is 0 Å². The van der Waals surface area contributed by atoms with Crippen LogP contribution >= 0.6 is 0 Å². The Hall–Kier alpha value is -2.32. The van der Waals surface area contributed by atoms with Crippen LogP contribution in [0.3, 0.4) is 0 Å². The SMILES string of the molecule is CN(CCCC(=O)O)C(=O)c1ccc(C(F)(F)F)[nH]c1=O. The summed E-state index contributed by atoms with van der Waals surface area (Å²) < 4.78 is 37.1. The van der Waals surface area contributed by atoms with Gasteiger partial charge in [0, 0.05) is 20.0 Å². The zero-order valence-electron chi connectivity index (χ0n) is 11.0. The third-order valence-electron chi connectivity index (χ3n) is 2.68. The normalized spacial score (nSPS) is 11.2. The van der Waals surface area contributed by atoms with Crippen LogP contribution in [0.4, 0.5) is 13.2 Å². The van der Waals surface area contributed by atoms with Crippen molar-refractivity contribution in [2.24, 2.45) is 0 Å². The van der Waals surface area contributed by atoms with Crippen molar-refractivity contribution in [3.63, 3.8) is 0 Å². The smallest absolute Gasteiger partial charge is 0.431 e. The first-order valence-corrected chi connectivity index (χ1v) is 5.90. The molecule has 0 aliphatic rings. The van der Waals surface area contributed by atoms with Gasteiger partial charge in [-0.1, -0.05) is 0 Å². The molecule has 0 fully saturated rings. The van der Waals surface area contributed by atoms with Gasteiger partial charge in [-0.25, -0.2) is 0 Å². The lowest BCUT2D eigenvalue weighted by molar-refractivity contribution is -0.141. The first kappa shape index (κ1) is 16.7. The Morgan fingerprint density at radius 2 is 1.95 bits per heavy atom. The maximum Gasteiger partial charge on any atom is 0.431 e. The highest BCUT2D eigenvalue weighted by atomic mass is 19.4. The molecule has 0 unspecified atom stereocenters. The van der Waals surface area contributed by atoms with Gasteiger partial charge in [0.15, 0.2) is 0 Å². The Bertz CT molecular complexity index is 595. The average Bonchev–Trinajstić information content (AvgIpc) is 2.36. The molecule has 116 valence electrons. The van der Waals surface area contributed by atoms with E-state index in [0.717, 1.165) is 11.0 Å². The summed E-state index contributed by atoms with van der Waals surface area (Å²) in [7, 11) is 1.33. The molecule has 0 spiro atoms. The topological polar surface area (TPSA) is 90.5 Å². The van der Waals surface area contributed by atoms with Gasteiger partial charge < -0.3 is 15.0 Å². The second kappa shape index (κ2) is 6.42. The number of nitrogens with zero attached hydrogens (tertiary/aromatic N) is 1. The number of alkyl halides is 3. The molecule has 0 saturated heterocycles. The molecule has 2 N–H and O–H groups in total. The second-order valence-corrected chi connectivity index (χ2v) is 4.34. The molecule has 0 aromatic carbocycles.